The van der Waals surface area contributed by atoms with Gasteiger partial charge in [0.15, 0.2) is 5.11 Å². The molecular formula is C19H23N3O3S3. The zero-order valence-corrected chi connectivity index (χ0v) is 18.3. The van der Waals surface area contributed by atoms with Gasteiger partial charge in [-0.25, -0.2) is 4.79 Å². The number of carbonyl (C=O) groups is 2. The number of nitrogens with one attached hydrogen (secondary N) is 3. The number of esters is 1. The largest absolute Gasteiger partial charge is 0.462 e. The van der Waals surface area contributed by atoms with E-state index in [1.54, 1.807) is 23.6 Å². The third kappa shape index (κ3) is 4.89. The van der Waals surface area contributed by atoms with E-state index in [4.69, 9.17) is 17.0 Å². The number of thiophene rings is 2. The van der Waals surface area contributed by atoms with Crippen LogP contribution in [-0.4, -0.2) is 23.6 Å². The summed E-state index contributed by atoms with van der Waals surface area (Å²) in [6, 6.07) is 1.81. The van der Waals surface area contributed by atoms with Crippen molar-refractivity contribution in [2.45, 2.75) is 46.0 Å². The lowest BCUT2D eigenvalue weighted by atomic mass is 10.1. The van der Waals surface area contributed by atoms with Gasteiger partial charge in [-0.1, -0.05) is 6.42 Å². The van der Waals surface area contributed by atoms with Crippen molar-refractivity contribution in [3.05, 3.63) is 37.9 Å². The topological polar surface area (TPSA) is 79.5 Å². The number of thiocarbonyl (C=S) groups is 1. The molecule has 2 aromatic heterocycles. The van der Waals surface area contributed by atoms with E-state index in [0.717, 1.165) is 36.1 Å². The number of carbonyl (C=O) groups excluding carboxylic acids is 2. The van der Waals surface area contributed by atoms with Gasteiger partial charge in [-0.2, -0.15) is 0 Å². The summed E-state index contributed by atoms with van der Waals surface area (Å²) in [6.07, 6.45) is 5.18. The van der Waals surface area contributed by atoms with Crippen molar-refractivity contribution in [2.75, 3.05) is 11.9 Å². The predicted octanol–water partition coefficient (Wildman–Crippen LogP) is 4.20. The Morgan fingerprint density at radius 3 is 2.71 bits per heavy atom. The van der Waals surface area contributed by atoms with Gasteiger partial charge >= 0.3 is 5.97 Å². The van der Waals surface area contributed by atoms with Crippen LogP contribution in [-0.2, 0) is 17.6 Å². The number of rotatable bonds is 4. The van der Waals surface area contributed by atoms with Crippen LogP contribution in [0.15, 0.2) is 11.4 Å². The second-order valence-electron chi connectivity index (χ2n) is 6.47. The molecule has 9 heteroatoms. The first kappa shape index (κ1) is 20.8. The maximum Gasteiger partial charge on any atom is 0.341 e. The van der Waals surface area contributed by atoms with Crippen LogP contribution in [0.1, 0.15) is 62.2 Å². The molecule has 28 heavy (non-hydrogen) atoms. The molecule has 0 radical (unpaired) electrons. The number of fused-ring (bicyclic) bond motifs is 1. The first-order valence-corrected chi connectivity index (χ1v) is 11.3. The van der Waals surface area contributed by atoms with E-state index in [0.29, 0.717) is 22.7 Å². The van der Waals surface area contributed by atoms with Crippen LogP contribution >= 0.6 is 34.9 Å². The Hall–Kier alpha value is -1.97. The molecule has 1 amide bonds. The van der Waals surface area contributed by atoms with Crippen molar-refractivity contribution < 1.29 is 14.3 Å². The fourth-order valence-electron chi connectivity index (χ4n) is 3.13. The summed E-state index contributed by atoms with van der Waals surface area (Å²) in [5, 5.41) is 5.75. The summed E-state index contributed by atoms with van der Waals surface area (Å²) in [7, 11) is 0. The molecule has 0 fully saturated rings. The SMILES string of the molecule is CCOC(=O)c1c(NC(=S)NNC(=O)c2csc(C)c2)sc2c1CCCCC2. The van der Waals surface area contributed by atoms with Gasteiger partial charge in [-0.3, -0.25) is 15.6 Å². The molecule has 3 N–H and O–H groups in total. The fourth-order valence-corrected chi connectivity index (χ4v) is 5.31. The first-order valence-electron chi connectivity index (χ1n) is 9.23. The minimum absolute atomic E-state index is 0.224. The van der Waals surface area contributed by atoms with Gasteiger partial charge in [0.05, 0.1) is 17.7 Å². The van der Waals surface area contributed by atoms with Gasteiger partial charge in [0.1, 0.15) is 5.00 Å². The van der Waals surface area contributed by atoms with E-state index in [-0.39, 0.29) is 17.0 Å². The zero-order valence-electron chi connectivity index (χ0n) is 15.8. The van der Waals surface area contributed by atoms with Crippen LogP contribution < -0.4 is 16.2 Å². The molecule has 1 aliphatic rings. The van der Waals surface area contributed by atoms with Gasteiger partial charge in [0.2, 0.25) is 0 Å². The summed E-state index contributed by atoms with van der Waals surface area (Å²) >= 11 is 8.36. The van der Waals surface area contributed by atoms with E-state index < -0.39 is 0 Å². The Morgan fingerprint density at radius 1 is 1.21 bits per heavy atom. The van der Waals surface area contributed by atoms with Crippen LogP contribution in [0.3, 0.4) is 0 Å². The molecule has 150 valence electrons. The monoisotopic (exact) mass is 437 g/mol. The van der Waals surface area contributed by atoms with Crippen LogP contribution in [0.4, 0.5) is 5.00 Å². The molecule has 3 rings (SSSR count). The highest BCUT2D eigenvalue weighted by Gasteiger charge is 2.26. The lowest BCUT2D eigenvalue weighted by Gasteiger charge is -2.12. The second-order valence-corrected chi connectivity index (χ2v) is 9.10. The number of hydrogen-bond donors (Lipinski definition) is 3. The Balaban J connectivity index is 1.71. The first-order chi connectivity index (χ1) is 13.5. The average Bonchev–Trinajstić information content (AvgIpc) is 3.16. The van der Waals surface area contributed by atoms with Crippen molar-refractivity contribution in [3.8, 4) is 0 Å². The summed E-state index contributed by atoms with van der Waals surface area (Å²) < 4.78 is 5.27. The van der Waals surface area contributed by atoms with Crippen LogP contribution in [0.2, 0.25) is 0 Å². The highest BCUT2D eigenvalue weighted by molar-refractivity contribution is 7.80. The Bertz CT molecular complexity index is 888. The molecule has 0 spiro atoms. The minimum Gasteiger partial charge on any atom is -0.462 e. The van der Waals surface area contributed by atoms with Crippen molar-refractivity contribution in [2.24, 2.45) is 0 Å². The molecule has 0 aromatic carbocycles. The highest BCUT2D eigenvalue weighted by Crippen LogP contribution is 2.38. The van der Waals surface area contributed by atoms with Gasteiger partial charge < -0.3 is 10.1 Å². The summed E-state index contributed by atoms with van der Waals surface area (Å²) in [5.74, 6) is -0.592. The Kier molecular flexibility index (Phi) is 7.03. The van der Waals surface area contributed by atoms with Crippen LogP contribution in [0.5, 0.6) is 0 Å². The quantitative estimate of drug-likeness (QED) is 0.288. The molecular weight excluding hydrogens is 414 g/mol. The third-order valence-corrected chi connectivity index (χ3v) is 6.68. The molecule has 6 nitrogen and oxygen atoms in total. The Morgan fingerprint density at radius 2 is 2.00 bits per heavy atom. The van der Waals surface area contributed by atoms with E-state index in [9.17, 15) is 9.59 Å². The standard InChI is InChI=1S/C19H23N3O3S3/c1-3-25-18(24)15-13-7-5-4-6-8-14(13)28-17(15)20-19(26)22-21-16(23)12-9-11(2)27-10-12/h9-10H,3-8H2,1-2H3,(H,21,23)(H2,20,22,26). The molecule has 0 atom stereocenters. The van der Waals surface area contributed by atoms with Gasteiger partial charge in [-0.15, -0.1) is 22.7 Å². The van der Waals surface area contributed by atoms with E-state index in [1.807, 2.05) is 13.0 Å². The molecule has 0 saturated heterocycles. The molecule has 2 aromatic rings. The van der Waals surface area contributed by atoms with Crippen molar-refractivity contribution >= 4 is 56.9 Å². The molecule has 1 aliphatic carbocycles. The zero-order chi connectivity index (χ0) is 20.1. The van der Waals surface area contributed by atoms with Gasteiger partial charge in [0.25, 0.3) is 5.91 Å². The third-order valence-electron chi connectivity index (χ3n) is 4.41. The number of ether oxygens (including phenoxy) is 1. The van der Waals surface area contributed by atoms with E-state index >= 15 is 0 Å². The highest BCUT2D eigenvalue weighted by atomic mass is 32.1. The lowest BCUT2D eigenvalue weighted by Crippen LogP contribution is -2.43. The van der Waals surface area contributed by atoms with Crippen molar-refractivity contribution in [1.29, 1.82) is 0 Å². The summed E-state index contributed by atoms with van der Waals surface area (Å²) in [5.41, 5.74) is 7.52. The second kappa shape index (κ2) is 9.49. The number of hydrazine groups is 1. The van der Waals surface area contributed by atoms with Gasteiger partial charge in [0, 0.05) is 15.1 Å². The van der Waals surface area contributed by atoms with Crippen LogP contribution in [0, 0.1) is 6.92 Å². The number of anilines is 1. The summed E-state index contributed by atoms with van der Waals surface area (Å²) in [6.45, 7) is 4.06. The van der Waals surface area contributed by atoms with E-state index in [1.165, 1.54) is 22.6 Å². The smallest absolute Gasteiger partial charge is 0.341 e. The van der Waals surface area contributed by atoms with Crippen molar-refractivity contribution in [3.63, 3.8) is 0 Å². The predicted molar refractivity (Wildman–Crippen MR) is 117 cm³/mol. The van der Waals surface area contributed by atoms with E-state index in [2.05, 4.69) is 16.2 Å². The van der Waals surface area contributed by atoms with Gasteiger partial charge in [-0.05, 0) is 63.4 Å². The minimum atomic E-state index is -0.329. The maximum atomic E-state index is 12.6. The molecule has 2 heterocycles. The van der Waals surface area contributed by atoms with Crippen molar-refractivity contribution in [1.82, 2.24) is 10.9 Å². The number of hydrogen-bond acceptors (Lipinski definition) is 6. The normalized spacial score (nSPS) is 13.2. The molecule has 0 aliphatic heterocycles. The molecule has 0 saturated carbocycles. The number of aryl methyl sites for hydroxylation is 2. The lowest BCUT2D eigenvalue weighted by molar-refractivity contribution is 0.0526. The number of amides is 1. The average molecular weight is 438 g/mol. The maximum absolute atomic E-state index is 12.6. The molecule has 0 bridgehead atoms. The Labute approximate surface area is 177 Å². The fraction of sp³-hybridized carbons (Fsp3) is 0.421. The summed E-state index contributed by atoms with van der Waals surface area (Å²) in [4.78, 5) is 27.0. The molecule has 0 unspecified atom stereocenters. The van der Waals surface area contributed by atoms with Crippen LogP contribution in [0.25, 0.3) is 0 Å².